The van der Waals surface area contributed by atoms with Gasteiger partial charge in [-0.15, -0.1) is 10.2 Å². The zero-order valence-corrected chi connectivity index (χ0v) is 8.92. The van der Waals surface area contributed by atoms with E-state index in [0.717, 1.165) is 30.8 Å². The van der Waals surface area contributed by atoms with Crippen molar-refractivity contribution in [2.24, 2.45) is 0 Å². The Kier molecular flexibility index (Phi) is 3.12. The van der Waals surface area contributed by atoms with Gasteiger partial charge in [0.05, 0.1) is 12.6 Å². The Labute approximate surface area is 90.8 Å². The number of nitrogens with zero attached hydrogens (tertiary/aromatic N) is 2. The molecular weight excluding hydrogens is 216 g/mol. The van der Waals surface area contributed by atoms with E-state index in [1.165, 1.54) is 0 Å². The number of nitrogens with two attached hydrogens (primary N) is 1. The third kappa shape index (κ3) is 2.63. The van der Waals surface area contributed by atoms with Crippen LogP contribution >= 0.6 is 11.3 Å². The van der Waals surface area contributed by atoms with Crippen LogP contribution in [0.15, 0.2) is 0 Å². The molecule has 1 aromatic heterocycles. The van der Waals surface area contributed by atoms with Crippen molar-refractivity contribution in [3.8, 4) is 0 Å². The number of nitrogen functional groups attached to an aromatic ring is 1. The van der Waals surface area contributed by atoms with Crippen LogP contribution in [0.4, 0.5) is 5.13 Å². The third-order valence-corrected chi connectivity index (χ3v) is 2.88. The Hall–Kier alpha value is -1.21. The maximum atomic E-state index is 11.6. The lowest BCUT2D eigenvalue weighted by Crippen LogP contribution is -2.40. The molecule has 1 saturated heterocycles. The lowest BCUT2D eigenvalue weighted by Gasteiger charge is -2.22. The molecule has 0 aliphatic carbocycles. The molecular formula is C8H12N4O2S. The largest absolute Gasteiger partial charge is 0.379 e. The summed E-state index contributed by atoms with van der Waals surface area (Å²) in [6.07, 6.45) is 1.92. The van der Waals surface area contributed by atoms with E-state index >= 15 is 0 Å². The molecule has 0 radical (unpaired) electrons. The van der Waals surface area contributed by atoms with Crippen LogP contribution in [0.5, 0.6) is 0 Å². The van der Waals surface area contributed by atoms with Crippen molar-refractivity contribution in [2.75, 3.05) is 18.9 Å². The Morgan fingerprint density at radius 1 is 1.60 bits per heavy atom. The van der Waals surface area contributed by atoms with E-state index in [0.29, 0.717) is 16.7 Å². The van der Waals surface area contributed by atoms with Crippen molar-refractivity contribution in [2.45, 2.75) is 18.9 Å². The molecule has 3 N–H and O–H groups in total. The highest BCUT2D eigenvalue weighted by Gasteiger charge is 2.19. The molecule has 7 heteroatoms. The van der Waals surface area contributed by atoms with Crippen LogP contribution in [0, 0.1) is 0 Å². The van der Waals surface area contributed by atoms with Gasteiger partial charge in [-0.3, -0.25) is 4.79 Å². The van der Waals surface area contributed by atoms with Crippen molar-refractivity contribution < 1.29 is 9.53 Å². The summed E-state index contributed by atoms with van der Waals surface area (Å²) in [6, 6.07) is 0.0800. The van der Waals surface area contributed by atoms with Gasteiger partial charge in [0.2, 0.25) is 10.1 Å². The minimum absolute atomic E-state index is 0.0800. The number of aromatic nitrogens is 2. The van der Waals surface area contributed by atoms with Gasteiger partial charge in [0.25, 0.3) is 5.91 Å². The summed E-state index contributed by atoms with van der Waals surface area (Å²) >= 11 is 1.09. The number of nitrogens with one attached hydrogen (secondary N) is 1. The Bertz CT molecular complexity index is 348. The van der Waals surface area contributed by atoms with E-state index in [9.17, 15) is 4.79 Å². The highest BCUT2D eigenvalue weighted by Crippen LogP contribution is 2.12. The molecule has 1 aliphatic heterocycles. The fourth-order valence-electron chi connectivity index (χ4n) is 1.43. The first-order valence-corrected chi connectivity index (χ1v) is 5.55. The first-order valence-electron chi connectivity index (χ1n) is 4.73. The minimum Gasteiger partial charge on any atom is -0.379 e. The number of ether oxygens (including phenoxy) is 1. The lowest BCUT2D eigenvalue weighted by molar-refractivity contribution is 0.0623. The molecule has 0 bridgehead atoms. The smallest absolute Gasteiger partial charge is 0.282 e. The monoisotopic (exact) mass is 228 g/mol. The van der Waals surface area contributed by atoms with Gasteiger partial charge in [-0.2, -0.15) is 0 Å². The topological polar surface area (TPSA) is 90.1 Å². The molecule has 82 valence electrons. The molecule has 1 unspecified atom stereocenters. The molecule has 1 aromatic rings. The average Bonchev–Trinajstić information content (AvgIpc) is 2.66. The second kappa shape index (κ2) is 4.54. The van der Waals surface area contributed by atoms with Gasteiger partial charge in [-0.05, 0) is 12.8 Å². The normalized spacial score (nSPS) is 21.2. The molecule has 0 spiro atoms. The van der Waals surface area contributed by atoms with E-state index < -0.39 is 0 Å². The van der Waals surface area contributed by atoms with Crippen LogP contribution in [0.25, 0.3) is 0 Å². The van der Waals surface area contributed by atoms with Crippen molar-refractivity contribution in [3.63, 3.8) is 0 Å². The fraction of sp³-hybridized carbons (Fsp3) is 0.625. The molecule has 2 rings (SSSR count). The number of rotatable bonds is 2. The maximum Gasteiger partial charge on any atom is 0.282 e. The number of carbonyl (C=O) groups excluding carboxylic acids is 1. The quantitative estimate of drug-likeness (QED) is 0.745. The zero-order valence-electron chi connectivity index (χ0n) is 8.10. The summed E-state index contributed by atoms with van der Waals surface area (Å²) in [6.45, 7) is 1.35. The van der Waals surface area contributed by atoms with Gasteiger partial charge in [-0.25, -0.2) is 0 Å². The highest BCUT2D eigenvalue weighted by atomic mass is 32.1. The van der Waals surface area contributed by atoms with Crippen LogP contribution < -0.4 is 11.1 Å². The van der Waals surface area contributed by atoms with Crippen molar-refractivity contribution in [3.05, 3.63) is 5.01 Å². The van der Waals surface area contributed by atoms with Crippen LogP contribution in [-0.2, 0) is 4.74 Å². The summed E-state index contributed by atoms with van der Waals surface area (Å²) in [5.74, 6) is -0.222. The van der Waals surface area contributed by atoms with Crippen LogP contribution in [-0.4, -0.2) is 35.4 Å². The molecule has 1 fully saturated rings. The van der Waals surface area contributed by atoms with Crippen LogP contribution in [0.3, 0.4) is 0 Å². The Morgan fingerprint density at radius 3 is 3.07 bits per heavy atom. The summed E-state index contributed by atoms with van der Waals surface area (Å²) in [4.78, 5) is 11.6. The van der Waals surface area contributed by atoms with E-state index in [1.54, 1.807) is 0 Å². The van der Waals surface area contributed by atoms with E-state index in [-0.39, 0.29) is 11.9 Å². The average molecular weight is 228 g/mol. The molecule has 2 heterocycles. The fourth-order valence-corrected chi connectivity index (χ4v) is 1.94. The van der Waals surface area contributed by atoms with Crippen LogP contribution in [0.2, 0.25) is 0 Å². The summed E-state index contributed by atoms with van der Waals surface area (Å²) in [5.41, 5.74) is 5.39. The predicted octanol–water partition coefficient (Wildman–Crippen LogP) is 0.0291. The lowest BCUT2D eigenvalue weighted by atomic mass is 10.1. The molecule has 6 nitrogen and oxygen atoms in total. The Morgan fingerprint density at radius 2 is 2.47 bits per heavy atom. The number of hydrogen-bond acceptors (Lipinski definition) is 6. The van der Waals surface area contributed by atoms with Gasteiger partial charge >= 0.3 is 0 Å². The highest BCUT2D eigenvalue weighted by molar-refractivity contribution is 7.16. The number of hydrogen-bond donors (Lipinski definition) is 2. The van der Waals surface area contributed by atoms with Gasteiger partial charge in [0.1, 0.15) is 0 Å². The molecule has 1 amide bonds. The van der Waals surface area contributed by atoms with Crippen molar-refractivity contribution in [1.29, 1.82) is 0 Å². The SMILES string of the molecule is Nc1nnc(C(=O)NC2CCCOC2)s1. The second-order valence-electron chi connectivity index (χ2n) is 3.33. The van der Waals surface area contributed by atoms with Crippen LogP contribution in [0.1, 0.15) is 22.6 Å². The number of carbonyl (C=O) groups is 1. The number of amides is 1. The van der Waals surface area contributed by atoms with Gasteiger partial charge in [-0.1, -0.05) is 11.3 Å². The molecule has 1 aliphatic rings. The van der Waals surface area contributed by atoms with Crippen molar-refractivity contribution in [1.82, 2.24) is 15.5 Å². The van der Waals surface area contributed by atoms with Gasteiger partial charge in [0.15, 0.2) is 0 Å². The first-order chi connectivity index (χ1) is 7.25. The number of anilines is 1. The second-order valence-corrected chi connectivity index (χ2v) is 4.34. The zero-order chi connectivity index (χ0) is 10.7. The standard InChI is InChI=1S/C8H12N4O2S/c9-8-12-11-7(15-8)6(13)10-5-2-1-3-14-4-5/h5H,1-4H2,(H2,9,12)(H,10,13). The van der Waals surface area contributed by atoms with E-state index in [1.807, 2.05) is 0 Å². The van der Waals surface area contributed by atoms with Crippen molar-refractivity contribution >= 4 is 22.4 Å². The summed E-state index contributed by atoms with van der Waals surface area (Å²) in [5, 5.41) is 10.7. The maximum absolute atomic E-state index is 11.6. The minimum atomic E-state index is -0.222. The molecule has 0 saturated carbocycles. The van der Waals surface area contributed by atoms with Gasteiger partial charge < -0.3 is 15.8 Å². The first kappa shape index (κ1) is 10.3. The van der Waals surface area contributed by atoms with Gasteiger partial charge in [0, 0.05) is 6.61 Å². The predicted molar refractivity (Wildman–Crippen MR) is 55.6 cm³/mol. The van der Waals surface area contributed by atoms with E-state index in [4.69, 9.17) is 10.5 Å². The Balaban J connectivity index is 1.91. The summed E-state index contributed by atoms with van der Waals surface area (Å²) in [7, 11) is 0. The van der Waals surface area contributed by atoms with E-state index in [2.05, 4.69) is 15.5 Å². The molecule has 1 atom stereocenters. The third-order valence-electron chi connectivity index (χ3n) is 2.13. The molecule has 0 aromatic carbocycles. The molecule has 15 heavy (non-hydrogen) atoms. The summed E-state index contributed by atoms with van der Waals surface area (Å²) < 4.78 is 5.25.